The zero-order chi connectivity index (χ0) is 10.1. The molecular formula is C11H26N2. The van der Waals surface area contributed by atoms with Crippen LogP contribution in [0.25, 0.3) is 0 Å². The zero-order valence-corrected chi connectivity index (χ0v) is 9.77. The van der Waals surface area contributed by atoms with Crippen molar-refractivity contribution in [2.24, 2.45) is 0 Å². The highest BCUT2D eigenvalue weighted by molar-refractivity contribution is 4.57. The zero-order valence-electron chi connectivity index (χ0n) is 9.77. The second kappa shape index (κ2) is 8.52. The largest absolute Gasteiger partial charge is 0.317 e. The Morgan fingerprint density at radius 3 is 2.38 bits per heavy atom. The van der Waals surface area contributed by atoms with E-state index >= 15 is 0 Å². The molecule has 80 valence electrons. The maximum absolute atomic E-state index is 3.35. The number of hydrogen-bond donors (Lipinski definition) is 1. The summed E-state index contributed by atoms with van der Waals surface area (Å²) >= 11 is 0. The minimum absolute atomic E-state index is 0.689. The van der Waals surface area contributed by atoms with Crippen molar-refractivity contribution in [3.05, 3.63) is 0 Å². The second-order valence-corrected chi connectivity index (χ2v) is 3.99. The molecule has 0 spiro atoms. The lowest BCUT2D eigenvalue weighted by atomic mass is 10.2. The highest BCUT2D eigenvalue weighted by Crippen LogP contribution is 1.99. The Kier molecular flexibility index (Phi) is 8.46. The van der Waals surface area contributed by atoms with Crippen LogP contribution >= 0.6 is 0 Å². The summed E-state index contributed by atoms with van der Waals surface area (Å²) in [6.07, 6.45) is 4.00. The average Bonchev–Trinajstić information content (AvgIpc) is 2.10. The van der Waals surface area contributed by atoms with Gasteiger partial charge in [0, 0.05) is 6.04 Å². The van der Waals surface area contributed by atoms with E-state index in [1.165, 1.54) is 32.4 Å². The van der Waals surface area contributed by atoms with Crippen LogP contribution in [0, 0.1) is 0 Å². The summed E-state index contributed by atoms with van der Waals surface area (Å²) in [7, 11) is 2.20. The summed E-state index contributed by atoms with van der Waals surface area (Å²) in [4.78, 5) is 2.41. The molecule has 0 aromatic carbocycles. The van der Waals surface area contributed by atoms with Crippen LogP contribution in [0.5, 0.6) is 0 Å². The fourth-order valence-electron chi connectivity index (χ4n) is 1.22. The van der Waals surface area contributed by atoms with E-state index in [9.17, 15) is 0 Å². The summed E-state index contributed by atoms with van der Waals surface area (Å²) in [5.74, 6) is 0. The third-order valence-electron chi connectivity index (χ3n) is 2.50. The van der Waals surface area contributed by atoms with Gasteiger partial charge in [0.2, 0.25) is 0 Å². The Labute approximate surface area is 83.7 Å². The van der Waals surface area contributed by atoms with Gasteiger partial charge in [-0.05, 0) is 53.4 Å². The van der Waals surface area contributed by atoms with Gasteiger partial charge in [-0.15, -0.1) is 0 Å². The van der Waals surface area contributed by atoms with Crippen LogP contribution < -0.4 is 5.32 Å². The molecule has 0 aromatic heterocycles. The third kappa shape index (κ3) is 8.26. The van der Waals surface area contributed by atoms with Crippen LogP contribution in [-0.2, 0) is 0 Å². The molecule has 0 saturated heterocycles. The van der Waals surface area contributed by atoms with Crippen LogP contribution in [-0.4, -0.2) is 37.6 Å². The minimum atomic E-state index is 0.689. The van der Waals surface area contributed by atoms with Gasteiger partial charge in [0.05, 0.1) is 0 Å². The lowest BCUT2D eigenvalue weighted by Crippen LogP contribution is -2.27. The van der Waals surface area contributed by atoms with E-state index in [2.05, 4.69) is 38.0 Å². The van der Waals surface area contributed by atoms with Crippen LogP contribution in [0.15, 0.2) is 0 Å². The molecule has 0 aliphatic heterocycles. The van der Waals surface area contributed by atoms with Crippen molar-refractivity contribution in [2.75, 3.05) is 26.7 Å². The lowest BCUT2D eigenvalue weighted by Gasteiger charge is -2.20. The number of rotatable bonds is 8. The van der Waals surface area contributed by atoms with E-state index in [-0.39, 0.29) is 0 Å². The Morgan fingerprint density at radius 1 is 1.15 bits per heavy atom. The predicted molar refractivity (Wildman–Crippen MR) is 60.2 cm³/mol. The third-order valence-corrected chi connectivity index (χ3v) is 2.50. The van der Waals surface area contributed by atoms with Crippen molar-refractivity contribution < 1.29 is 0 Å². The van der Waals surface area contributed by atoms with Crippen molar-refractivity contribution in [1.29, 1.82) is 0 Å². The van der Waals surface area contributed by atoms with Gasteiger partial charge in [0.1, 0.15) is 0 Å². The first-order valence-electron chi connectivity index (χ1n) is 5.59. The molecule has 0 fully saturated rings. The molecule has 0 bridgehead atoms. The van der Waals surface area contributed by atoms with E-state index in [0.717, 1.165) is 6.54 Å². The fourth-order valence-corrected chi connectivity index (χ4v) is 1.22. The Bertz CT molecular complexity index is 102. The summed E-state index contributed by atoms with van der Waals surface area (Å²) in [6.45, 7) is 10.2. The van der Waals surface area contributed by atoms with Gasteiger partial charge in [-0.2, -0.15) is 0 Å². The molecule has 0 radical (unpaired) electrons. The molecular weight excluding hydrogens is 160 g/mol. The molecule has 0 saturated carbocycles. The summed E-state index contributed by atoms with van der Waals surface area (Å²) in [6, 6.07) is 0.689. The Balaban J connectivity index is 3.07. The maximum Gasteiger partial charge on any atom is 0.00355 e. The van der Waals surface area contributed by atoms with Gasteiger partial charge < -0.3 is 10.2 Å². The van der Waals surface area contributed by atoms with E-state index in [1.807, 2.05) is 0 Å². The highest BCUT2D eigenvalue weighted by atomic mass is 15.1. The van der Waals surface area contributed by atoms with E-state index < -0.39 is 0 Å². The van der Waals surface area contributed by atoms with Crippen LogP contribution in [0.4, 0.5) is 0 Å². The maximum atomic E-state index is 3.35. The first-order chi connectivity index (χ1) is 6.18. The smallest absolute Gasteiger partial charge is 0.00355 e. The molecule has 13 heavy (non-hydrogen) atoms. The molecule has 0 amide bonds. The molecule has 0 aliphatic rings. The fraction of sp³-hybridized carbons (Fsp3) is 1.00. The molecule has 0 aromatic rings. The van der Waals surface area contributed by atoms with Gasteiger partial charge in [0.25, 0.3) is 0 Å². The predicted octanol–water partition coefficient (Wildman–Crippen LogP) is 2.11. The number of unbranched alkanes of at least 4 members (excludes halogenated alkanes) is 2. The summed E-state index contributed by atoms with van der Waals surface area (Å²) in [5.41, 5.74) is 0. The summed E-state index contributed by atoms with van der Waals surface area (Å²) < 4.78 is 0. The molecule has 0 aliphatic carbocycles. The van der Waals surface area contributed by atoms with Crippen molar-refractivity contribution >= 4 is 0 Å². The van der Waals surface area contributed by atoms with Gasteiger partial charge >= 0.3 is 0 Å². The molecule has 2 nitrogen and oxygen atoms in total. The van der Waals surface area contributed by atoms with Crippen molar-refractivity contribution in [3.8, 4) is 0 Å². The van der Waals surface area contributed by atoms with Gasteiger partial charge in [-0.25, -0.2) is 0 Å². The molecule has 0 heterocycles. The lowest BCUT2D eigenvalue weighted by molar-refractivity contribution is 0.267. The molecule has 0 unspecified atom stereocenters. The Hall–Kier alpha value is -0.0800. The van der Waals surface area contributed by atoms with E-state index in [4.69, 9.17) is 0 Å². The second-order valence-electron chi connectivity index (χ2n) is 3.99. The molecule has 1 N–H and O–H groups in total. The number of hydrogen-bond acceptors (Lipinski definition) is 2. The van der Waals surface area contributed by atoms with Gasteiger partial charge in [-0.1, -0.05) is 13.3 Å². The van der Waals surface area contributed by atoms with Crippen molar-refractivity contribution in [3.63, 3.8) is 0 Å². The van der Waals surface area contributed by atoms with E-state index in [0.29, 0.717) is 6.04 Å². The van der Waals surface area contributed by atoms with Crippen LogP contribution in [0.1, 0.15) is 40.0 Å². The average molecular weight is 186 g/mol. The van der Waals surface area contributed by atoms with Crippen LogP contribution in [0.3, 0.4) is 0 Å². The number of nitrogens with one attached hydrogen (secondary N) is 1. The first kappa shape index (κ1) is 12.9. The van der Waals surface area contributed by atoms with Crippen LogP contribution in [0.2, 0.25) is 0 Å². The Morgan fingerprint density at radius 2 is 1.85 bits per heavy atom. The highest BCUT2D eigenvalue weighted by Gasteiger charge is 2.01. The molecule has 2 heteroatoms. The monoisotopic (exact) mass is 186 g/mol. The molecule has 0 rings (SSSR count). The quantitative estimate of drug-likeness (QED) is 0.584. The van der Waals surface area contributed by atoms with Crippen molar-refractivity contribution in [2.45, 2.75) is 46.1 Å². The van der Waals surface area contributed by atoms with Gasteiger partial charge in [-0.3, -0.25) is 0 Å². The summed E-state index contributed by atoms with van der Waals surface area (Å²) in [5, 5.41) is 3.35. The topological polar surface area (TPSA) is 15.3 Å². The normalized spacial score (nSPS) is 11.5. The number of nitrogens with zero attached hydrogens (tertiary/aromatic N) is 1. The van der Waals surface area contributed by atoms with E-state index in [1.54, 1.807) is 0 Å². The van der Waals surface area contributed by atoms with Gasteiger partial charge in [0.15, 0.2) is 0 Å². The SMILES string of the molecule is CCNCCCCCN(C)C(C)C. The first-order valence-corrected chi connectivity index (χ1v) is 5.59. The standard InChI is InChI=1S/C11H26N2/c1-5-12-9-7-6-8-10-13(4)11(2)3/h11-12H,5-10H2,1-4H3. The minimum Gasteiger partial charge on any atom is -0.317 e. The molecule has 0 atom stereocenters. The van der Waals surface area contributed by atoms with Crippen molar-refractivity contribution in [1.82, 2.24) is 10.2 Å².